The Bertz CT molecular complexity index is 441. The van der Waals surface area contributed by atoms with Crippen molar-refractivity contribution in [2.45, 2.75) is 40.2 Å². The molecule has 0 bridgehead atoms. The van der Waals surface area contributed by atoms with Crippen molar-refractivity contribution in [3.63, 3.8) is 0 Å². The van der Waals surface area contributed by atoms with E-state index in [0.29, 0.717) is 18.4 Å². The second-order valence-corrected chi connectivity index (χ2v) is 4.39. The number of aromatic nitrogens is 3. The first-order chi connectivity index (χ1) is 8.97. The standard InChI is InChI=1S/C11H19ClN6O/c1-5-7(3)18(17-8(4)19)11-15-9(12)14-10(16-11)13-6-2/h7H,5-6H2,1-4H3,(H,17,19)(H,13,14,15,16)/t7-/m0/s1. The number of nitrogens with zero attached hydrogens (tertiary/aromatic N) is 4. The first-order valence-corrected chi connectivity index (χ1v) is 6.57. The van der Waals surface area contributed by atoms with Crippen LogP contribution in [0.5, 0.6) is 0 Å². The Hall–Kier alpha value is -1.63. The number of hydrazine groups is 1. The van der Waals surface area contributed by atoms with Gasteiger partial charge in [0, 0.05) is 13.5 Å². The zero-order valence-corrected chi connectivity index (χ0v) is 12.3. The van der Waals surface area contributed by atoms with E-state index in [-0.39, 0.29) is 17.2 Å². The molecule has 1 heterocycles. The molecule has 7 nitrogen and oxygen atoms in total. The van der Waals surface area contributed by atoms with Crippen LogP contribution in [0.1, 0.15) is 34.1 Å². The predicted octanol–water partition coefficient (Wildman–Crippen LogP) is 1.61. The summed E-state index contributed by atoms with van der Waals surface area (Å²) in [5.41, 5.74) is 2.70. The zero-order chi connectivity index (χ0) is 14.4. The third-order valence-electron chi connectivity index (χ3n) is 2.46. The number of amides is 1. The van der Waals surface area contributed by atoms with Crippen LogP contribution in [0.2, 0.25) is 5.28 Å². The summed E-state index contributed by atoms with van der Waals surface area (Å²) < 4.78 is 0. The Morgan fingerprint density at radius 1 is 1.37 bits per heavy atom. The van der Waals surface area contributed by atoms with Crippen LogP contribution in [0.15, 0.2) is 0 Å². The Labute approximate surface area is 117 Å². The average molecular weight is 287 g/mol. The van der Waals surface area contributed by atoms with Crippen molar-refractivity contribution < 1.29 is 4.79 Å². The molecule has 1 aromatic rings. The van der Waals surface area contributed by atoms with Crippen LogP contribution in [-0.2, 0) is 4.79 Å². The maximum atomic E-state index is 11.3. The molecule has 1 atom stereocenters. The van der Waals surface area contributed by atoms with Gasteiger partial charge in [-0.3, -0.25) is 10.2 Å². The van der Waals surface area contributed by atoms with Gasteiger partial charge in [0.05, 0.1) is 6.04 Å². The molecule has 2 N–H and O–H groups in total. The van der Waals surface area contributed by atoms with Crippen molar-refractivity contribution in [1.29, 1.82) is 0 Å². The molecular weight excluding hydrogens is 268 g/mol. The van der Waals surface area contributed by atoms with Gasteiger partial charge in [0.15, 0.2) is 0 Å². The van der Waals surface area contributed by atoms with Gasteiger partial charge in [-0.05, 0) is 31.9 Å². The van der Waals surface area contributed by atoms with Crippen LogP contribution in [0.4, 0.5) is 11.9 Å². The van der Waals surface area contributed by atoms with Crippen molar-refractivity contribution in [3.05, 3.63) is 5.28 Å². The predicted molar refractivity (Wildman–Crippen MR) is 75.0 cm³/mol. The van der Waals surface area contributed by atoms with E-state index < -0.39 is 0 Å². The molecule has 1 rings (SSSR count). The van der Waals surface area contributed by atoms with E-state index in [9.17, 15) is 4.79 Å². The first kappa shape index (κ1) is 15.4. The third kappa shape index (κ3) is 4.51. The fourth-order valence-electron chi connectivity index (χ4n) is 1.39. The molecule has 106 valence electrons. The smallest absolute Gasteiger partial charge is 0.250 e. The summed E-state index contributed by atoms with van der Waals surface area (Å²) in [6.45, 7) is 8.00. The van der Waals surface area contributed by atoms with Gasteiger partial charge >= 0.3 is 0 Å². The van der Waals surface area contributed by atoms with E-state index in [1.165, 1.54) is 6.92 Å². The SMILES string of the molecule is CCNc1nc(Cl)nc(N(NC(C)=O)[C@@H](C)CC)n1. The Kier molecular flexibility index (Phi) is 5.75. The number of rotatable bonds is 6. The van der Waals surface area contributed by atoms with Crippen LogP contribution in [-0.4, -0.2) is 33.4 Å². The van der Waals surface area contributed by atoms with Crippen molar-refractivity contribution in [3.8, 4) is 0 Å². The zero-order valence-electron chi connectivity index (χ0n) is 11.6. The van der Waals surface area contributed by atoms with E-state index in [2.05, 4.69) is 25.7 Å². The molecule has 0 aromatic carbocycles. The summed E-state index contributed by atoms with van der Waals surface area (Å²) in [6.07, 6.45) is 0.820. The Balaban J connectivity index is 3.09. The van der Waals surface area contributed by atoms with Gasteiger partial charge in [0.2, 0.25) is 17.1 Å². The molecule has 0 aliphatic heterocycles. The average Bonchev–Trinajstić information content (AvgIpc) is 2.34. The highest BCUT2D eigenvalue weighted by Crippen LogP contribution is 2.15. The van der Waals surface area contributed by atoms with Gasteiger partial charge in [-0.2, -0.15) is 15.0 Å². The normalized spacial score (nSPS) is 11.8. The van der Waals surface area contributed by atoms with E-state index in [1.807, 2.05) is 20.8 Å². The Morgan fingerprint density at radius 2 is 2.05 bits per heavy atom. The molecule has 0 aliphatic carbocycles. The molecule has 8 heteroatoms. The molecule has 19 heavy (non-hydrogen) atoms. The lowest BCUT2D eigenvalue weighted by atomic mass is 10.2. The van der Waals surface area contributed by atoms with Gasteiger partial charge in [-0.25, -0.2) is 5.01 Å². The largest absolute Gasteiger partial charge is 0.354 e. The molecule has 0 fully saturated rings. The summed E-state index contributed by atoms with van der Waals surface area (Å²) >= 11 is 5.87. The summed E-state index contributed by atoms with van der Waals surface area (Å²) in [6, 6.07) is 0.0387. The van der Waals surface area contributed by atoms with E-state index in [1.54, 1.807) is 5.01 Å². The van der Waals surface area contributed by atoms with Gasteiger partial charge in [0.1, 0.15) is 0 Å². The molecule has 0 radical (unpaired) electrons. The highest BCUT2D eigenvalue weighted by molar-refractivity contribution is 6.28. The summed E-state index contributed by atoms with van der Waals surface area (Å²) in [5, 5.41) is 4.64. The highest BCUT2D eigenvalue weighted by atomic mass is 35.5. The monoisotopic (exact) mass is 286 g/mol. The van der Waals surface area contributed by atoms with Crippen LogP contribution in [0.3, 0.4) is 0 Å². The molecule has 0 unspecified atom stereocenters. The topological polar surface area (TPSA) is 83.0 Å². The van der Waals surface area contributed by atoms with Crippen LogP contribution < -0.4 is 15.8 Å². The Morgan fingerprint density at radius 3 is 2.58 bits per heavy atom. The molecule has 0 spiro atoms. The summed E-state index contributed by atoms with van der Waals surface area (Å²) in [4.78, 5) is 23.5. The minimum Gasteiger partial charge on any atom is -0.354 e. The number of hydrogen-bond donors (Lipinski definition) is 2. The maximum Gasteiger partial charge on any atom is 0.250 e. The lowest BCUT2D eigenvalue weighted by molar-refractivity contribution is -0.119. The molecule has 1 amide bonds. The minimum absolute atomic E-state index is 0.0387. The molecule has 0 saturated carbocycles. The maximum absolute atomic E-state index is 11.3. The molecule has 0 saturated heterocycles. The molecular formula is C11H19ClN6O. The molecule has 1 aromatic heterocycles. The fourth-order valence-corrected chi connectivity index (χ4v) is 1.55. The third-order valence-corrected chi connectivity index (χ3v) is 2.63. The molecule has 0 aliphatic rings. The van der Waals surface area contributed by atoms with Crippen LogP contribution >= 0.6 is 11.6 Å². The number of nitrogens with one attached hydrogen (secondary N) is 2. The number of carbonyl (C=O) groups is 1. The van der Waals surface area contributed by atoms with Crippen LogP contribution in [0.25, 0.3) is 0 Å². The first-order valence-electron chi connectivity index (χ1n) is 6.19. The number of carbonyl (C=O) groups excluding carboxylic acids is 1. The highest BCUT2D eigenvalue weighted by Gasteiger charge is 2.18. The van der Waals surface area contributed by atoms with Gasteiger partial charge < -0.3 is 5.32 Å². The summed E-state index contributed by atoms with van der Waals surface area (Å²) in [5.74, 6) is 0.512. The van der Waals surface area contributed by atoms with Crippen LogP contribution in [0, 0.1) is 0 Å². The van der Waals surface area contributed by atoms with Crippen molar-refractivity contribution in [2.24, 2.45) is 0 Å². The van der Waals surface area contributed by atoms with Gasteiger partial charge in [-0.15, -0.1) is 0 Å². The van der Waals surface area contributed by atoms with E-state index in [0.717, 1.165) is 6.42 Å². The van der Waals surface area contributed by atoms with Crippen molar-refractivity contribution in [2.75, 3.05) is 16.9 Å². The van der Waals surface area contributed by atoms with Gasteiger partial charge in [0.25, 0.3) is 5.95 Å². The minimum atomic E-state index is -0.193. The van der Waals surface area contributed by atoms with Crippen molar-refractivity contribution in [1.82, 2.24) is 20.4 Å². The number of halogens is 1. The number of hydrogen-bond acceptors (Lipinski definition) is 6. The van der Waals surface area contributed by atoms with E-state index >= 15 is 0 Å². The quantitative estimate of drug-likeness (QED) is 0.773. The van der Waals surface area contributed by atoms with Crippen molar-refractivity contribution >= 4 is 29.4 Å². The second kappa shape index (κ2) is 7.08. The second-order valence-electron chi connectivity index (χ2n) is 4.05. The fraction of sp³-hybridized carbons (Fsp3) is 0.636. The van der Waals surface area contributed by atoms with E-state index in [4.69, 9.17) is 11.6 Å². The summed E-state index contributed by atoms with van der Waals surface area (Å²) in [7, 11) is 0. The number of anilines is 2. The van der Waals surface area contributed by atoms with Gasteiger partial charge in [-0.1, -0.05) is 6.92 Å². The lowest BCUT2D eigenvalue weighted by Gasteiger charge is -2.28. The lowest BCUT2D eigenvalue weighted by Crippen LogP contribution is -2.47.